The lowest BCUT2D eigenvalue weighted by atomic mass is 9.97. The topological polar surface area (TPSA) is 89.0 Å². The van der Waals surface area contributed by atoms with Crippen molar-refractivity contribution < 1.29 is 22.7 Å². The highest BCUT2D eigenvalue weighted by Crippen LogP contribution is 2.39. The summed E-state index contributed by atoms with van der Waals surface area (Å²) < 4.78 is 49.7. The molecule has 2 N–H and O–H groups in total. The maximum Gasteiger partial charge on any atom is 0.420 e. The summed E-state index contributed by atoms with van der Waals surface area (Å²) in [6.07, 6.45) is -1.10. The first-order valence-corrected chi connectivity index (χ1v) is 12.7. The van der Waals surface area contributed by atoms with Gasteiger partial charge in [0.05, 0.1) is 6.10 Å². The molecule has 3 aromatic carbocycles. The van der Waals surface area contributed by atoms with E-state index < -0.39 is 17.8 Å². The molecule has 0 aliphatic heterocycles. The first-order chi connectivity index (χ1) is 18.8. The molecule has 1 aliphatic carbocycles. The number of aliphatic hydroxyl groups excluding tert-OH is 1. The molecule has 0 spiro atoms. The average Bonchev–Trinajstić information content (AvgIpc) is 3.66. The lowest BCUT2D eigenvalue weighted by Crippen LogP contribution is -2.35. The zero-order chi connectivity index (χ0) is 27.1. The second-order valence-corrected chi connectivity index (χ2v) is 9.89. The Morgan fingerprint density at radius 3 is 2.54 bits per heavy atom. The van der Waals surface area contributed by atoms with E-state index in [2.05, 4.69) is 20.5 Å². The molecule has 39 heavy (non-hydrogen) atoms. The molecule has 2 atom stereocenters. The zero-order valence-electron chi connectivity index (χ0n) is 21.1. The van der Waals surface area contributed by atoms with Crippen molar-refractivity contribution in [3.05, 3.63) is 78.1 Å². The largest absolute Gasteiger partial charge is 0.435 e. The maximum absolute atomic E-state index is 14.0. The average molecular weight is 534 g/mol. The smallest absolute Gasteiger partial charge is 0.420 e. The van der Waals surface area contributed by atoms with Crippen molar-refractivity contribution >= 4 is 11.1 Å². The normalized spacial score (nSPS) is 17.8. The molecule has 200 valence electrons. The number of nitrogens with zero attached hydrogens (tertiary/aromatic N) is 4. The number of aliphatic hydroxyl groups is 1. The van der Waals surface area contributed by atoms with Crippen LogP contribution in [0.3, 0.4) is 0 Å². The Bertz CT molecular complexity index is 1640. The van der Waals surface area contributed by atoms with Gasteiger partial charge in [-0.15, -0.1) is 10.2 Å². The maximum atomic E-state index is 14.0. The minimum absolute atomic E-state index is 0.102. The van der Waals surface area contributed by atoms with E-state index in [0.717, 1.165) is 35.6 Å². The van der Waals surface area contributed by atoms with E-state index >= 15 is 0 Å². The van der Waals surface area contributed by atoms with Crippen LogP contribution >= 0.6 is 0 Å². The van der Waals surface area contributed by atoms with Crippen LogP contribution in [0.25, 0.3) is 45.1 Å². The molecular formula is C29H26F3N5O2. The van der Waals surface area contributed by atoms with Crippen molar-refractivity contribution in [2.75, 3.05) is 0 Å². The van der Waals surface area contributed by atoms with Gasteiger partial charge in [0.2, 0.25) is 5.89 Å². The predicted molar refractivity (Wildman–Crippen MR) is 140 cm³/mol. The first-order valence-electron chi connectivity index (χ1n) is 12.7. The van der Waals surface area contributed by atoms with Crippen molar-refractivity contribution in [2.45, 2.75) is 44.1 Å². The van der Waals surface area contributed by atoms with Crippen LogP contribution in [0.4, 0.5) is 13.2 Å². The number of oxazole rings is 1. The van der Waals surface area contributed by atoms with Crippen molar-refractivity contribution in [1.82, 2.24) is 25.1 Å². The Balaban J connectivity index is 1.38. The minimum atomic E-state index is -4.62. The summed E-state index contributed by atoms with van der Waals surface area (Å²) in [5, 5.41) is 21.5. The lowest BCUT2D eigenvalue weighted by molar-refractivity contribution is -0.136. The zero-order valence-corrected chi connectivity index (χ0v) is 21.1. The van der Waals surface area contributed by atoms with Crippen molar-refractivity contribution in [1.29, 1.82) is 0 Å². The van der Waals surface area contributed by atoms with Gasteiger partial charge >= 0.3 is 6.18 Å². The van der Waals surface area contributed by atoms with Gasteiger partial charge in [-0.3, -0.25) is 0 Å². The molecule has 2 heterocycles. The second kappa shape index (κ2) is 9.94. The van der Waals surface area contributed by atoms with E-state index in [4.69, 9.17) is 4.42 Å². The highest BCUT2D eigenvalue weighted by Gasteiger charge is 2.36. The summed E-state index contributed by atoms with van der Waals surface area (Å²) in [7, 11) is 1.86. The van der Waals surface area contributed by atoms with Gasteiger partial charge in [-0.1, -0.05) is 36.4 Å². The van der Waals surface area contributed by atoms with Gasteiger partial charge in [0.15, 0.2) is 11.4 Å². The molecule has 0 saturated heterocycles. The van der Waals surface area contributed by atoms with Crippen LogP contribution in [0, 0.1) is 0 Å². The predicted octanol–water partition coefficient (Wildman–Crippen LogP) is 5.98. The number of aryl methyl sites for hydroxylation is 1. The molecule has 6 rings (SSSR count). The van der Waals surface area contributed by atoms with E-state index in [9.17, 15) is 18.3 Å². The molecule has 1 aliphatic rings. The number of fused-ring (bicyclic) bond motifs is 1. The summed E-state index contributed by atoms with van der Waals surface area (Å²) in [5.41, 5.74) is 2.55. The number of rotatable bonds is 6. The molecule has 0 bridgehead atoms. The molecular weight excluding hydrogens is 507 g/mol. The van der Waals surface area contributed by atoms with Gasteiger partial charge in [-0.25, -0.2) is 4.98 Å². The quantitative estimate of drug-likeness (QED) is 0.279. The molecule has 1 fully saturated rings. The van der Waals surface area contributed by atoms with Gasteiger partial charge in [0.1, 0.15) is 17.4 Å². The van der Waals surface area contributed by atoms with Crippen LogP contribution in [-0.4, -0.2) is 37.0 Å². The minimum Gasteiger partial charge on any atom is -0.435 e. The summed E-state index contributed by atoms with van der Waals surface area (Å²) in [4.78, 5) is 4.46. The van der Waals surface area contributed by atoms with Crippen LogP contribution in [0.5, 0.6) is 0 Å². The third kappa shape index (κ3) is 4.93. The summed E-state index contributed by atoms with van der Waals surface area (Å²) in [6, 6.07) is 17.7. The monoisotopic (exact) mass is 533 g/mol. The molecule has 0 unspecified atom stereocenters. The van der Waals surface area contributed by atoms with Crippen LogP contribution in [0.2, 0.25) is 0 Å². The molecule has 7 nitrogen and oxygen atoms in total. The highest BCUT2D eigenvalue weighted by molar-refractivity contribution is 5.84. The Hall–Kier alpha value is -4.02. The number of alkyl halides is 3. The summed E-state index contributed by atoms with van der Waals surface area (Å²) >= 11 is 0. The number of nitrogens with one attached hydrogen (secondary N) is 1. The van der Waals surface area contributed by atoms with Gasteiger partial charge in [0.25, 0.3) is 0 Å². The fraction of sp³-hybridized carbons (Fsp3) is 0.276. The van der Waals surface area contributed by atoms with Crippen LogP contribution in [-0.2, 0) is 19.8 Å². The fourth-order valence-corrected chi connectivity index (χ4v) is 5.23. The Labute approximate surface area is 222 Å². The lowest BCUT2D eigenvalue weighted by Gasteiger charge is -2.17. The van der Waals surface area contributed by atoms with Gasteiger partial charge in [0, 0.05) is 30.8 Å². The third-order valence-corrected chi connectivity index (χ3v) is 7.20. The van der Waals surface area contributed by atoms with E-state index in [0.29, 0.717) is 23.4 Å². The van der Waals surface area contributed by atoms with Crippen molar-refractivity contribution in [3.8, 4) is 34.0 Å². The van der Waals surface area contributed by atoms with Gasteiger partial charge in [-0.2, -0.15) is 13.2 Å². The molecule has 10 heteroatoms. The van der Waals surface area contributed by atoms with Crippen LogP contribution < -0.4 is 5.32 Å². The Kier molecular flexibility index (Phi) is 6.44. The molecule has 1 saturated carbocycles. The number of benzene rings is 3. The Morgan fingerprint density at radius 1 is 1.03 bits per heavy atom. The van der Waals surface area contributed by atoms with E-state index in [1.807, 2.05) is 54.1 Å². The number of halogens is 3. The molecule has 5 aromatic rings. The standard InChI is InChI=1S/C29H26F3N5O2/c1-37-16-34-36-27(37)21-9-3-2-8-20(21)18-6-4-7-19(14-18)28-35-24-13-17(15-33-23-10-5-11-25(23)38)12-22(26(24)39-28)29(30,31)32/h2-4,6-9,12-14,16,23,25,33,38H,5,10-11,15H2,1H3/t23-,25-/m1/s1. The van der Waals surface area contributed by atoms with Gasteiger partial charge in [-0.05, 0) is 60.2 Å². The molecule has 2 aromatic heterocycles. The van der Waals surface area contributed by atoms with Gasteiger partial charge < -0.3 is 19.4 Å². The second-order valence-electron chi connectivity index (χ2n) is 9.89. The number of hydrogen-bond acceptors (Lipinski definition) is 6. The first kappa shape index (κ1) is 25.3. The number of hydrogen-bond donors (Lipinski definition) is 2. The van der Waals surface area contributed by atoms with E-state index in [1.165, 1.54) is 0 Å². The van der Waals surface area contributed by atoms with Crippen molar-refractivity contribution in [2.24, 2.45) is 7.05 Å². The fourth-order valence-electron chi connectivity index (χ4n) is 5.23. The molecule has 0 amide bonds. The third-order valence-electron chi connectivity index (χ3n) is 7.20. The Morgan fingerprint density at radius 2 is 1.82 bits per heavy atom. The van der Waals surface area contributed by atoms with E-state index in [-0.39, 0.29) is 29.6 Å². The molecule has 0 radical (unpaired) electrons. The number of aromatic nitrogens is 4. The SMILES string of the molecule is Cn1cnnc1-c1ccccc1-c1cccc(-c2nc3cc(CN[C@@H]4CCC[C@H]4O)cc(C(F)(F)F)c3o2)c1. The van der Waals surface area contributed by atoms with E-state index in [1.54, 1.807) is 18.5 Å². The summed E-state index contributed by atoms with van der Waals surface area (Å²) in [5.74, 6) is 0.795. The van der Waals surface area contributed by atoms with Crippen molar-refractivity contribution in [3.63, 3.8) is 0 Å². The van der Waals surface area contributed by atoms with Crippen LogP contribution in [0.15, 0.2) is 71.4 Å². The van der Waals surface area contributed by atoms with Crippen LogP contribution in [0.1, 0.15) is 30.4 Å². The summed E-state index contributed by atoms with van der Waals surface area (Å²) in [6.45, 7) is 0.192. The highest BCUT2D eigenvalue weighted by atomic mass is 19.4.